The highest BCUT2D eigenvalue weighted by atomic mass is 35.5. The molecule has 0 fully saturated rings. The molecule has 2 aromatic heterocycles. The minimum absolute atomic E-state index is 0.102. The maximum Gasteiger partial charge on any atom is 0.327 e. The van der Waals surface area contributed by atoms with Gasteiger partial charge in [0.25, 0.3) is 5.56 Å². The third-order valence-electron chi connectivity index (χ3n) is 1.47. The predicted molar refractivity (Wildman–Crippen MR) is 45.8 cm³/mol. The van der Waals surface area contributed by atoms with E-state index in [4.69, 9.17) is 11.6 Å². The van der Waals surface area contributed by atoms with E-state index < -0.39 is 11.2 Å². The zero-order chi connectivity index (χ0) is 9.42. The maximum absolute atomic E-state index is 11.1. The first kappa shape index (κ1) is 7.93. The van der Waals surface area contributed by atoms with Gasteiger partial charge in [0.05, 0.1) is 5.39 Å². The highest BCUT2D eigenvalue weighted by Crippen LogP contribution is 2.05. The summed E-state index contributed by atoms with van der Waals surface area (Å²) in [6.45, 7) is 0. The van der Waals surface area contributed by atoms with Crippen LogP contribution in [0.4, 0.5) is 0 Å². The van der Waals surface area contributed by atoms with Crippen LogP contribution in [0.3, 0.4) is 0 Å². The lowest BCUT2D eigenvalue weighted by molar-refractivity contribution is 0.999. The van der Waals surface area contributed by atoms with Gasteiger partial charge in [-0.05, 0) is 6.07 Å². The monoisotopic (exact) mass is 198 g/mol. The number of aromatic nitrogens is 4. The van der Waals surface area contributed by atoms with Crippen molar-refractivity contribution < 1.29 is 0 Å². The molecule has 6 nitrogen and oxygen atoms in total. The lowest BCUT2D eigenvalue weighted by atomic mass is 10.4. The van der Waals surface area contributed by atoms with Crippen molar-refractivity contribution in [2.75, 3.05) is 0 Å². The smallest absolute Gasteiger partial charge is 0.290 e. The second-order valence-electron chi connectivity index (χ2n) is 2.34. The van der Waals surface area contributed by atoms with E-state index in [0.29, 0.717) is 0 Å². The Labute approximate surface area is 75.6 Å². The van der Waals surface area contributed by atoms with Gasteiger partial charge in [0, 0.05) is 0 Å². The largest absolute Gasteiger partial charge is 0.327 e. The second-order valence-corrected chi connectivity index (χ2v) is 2.72. The minimum atomic E-state index is -0.617. The normalized spacial score (nSPS) is 10.5. The number of hydrogen-bond acceptors (Lipinski definition) is 4. The van der Waals surface area contributed by atoms with Crippen molar-refractivity contribution in [2.24, 2.45) is 0 Å². The first-order chi connectivity index (χ1) is 6.16. The summed E-state index contributed by atoms with van der Waals surface area (Å²) < 4.78 is 0. The van der Waals surface area contributed by atoms with E-state index in [0.717, 1.165) is 0 Å². The number of halogens is 1. The van der Waals surface area contributed by atoms with E-state index in [1.54, 1.807) is 0 Å². The van der Waals surface area contributed by atoms with Gasteiger partial charge >= 0.3 is 5.69 Å². The average Bonchev–Trinajstić information content (AvgIpc) is 2.06. The van der Waals surface area contributed by atoms with Gasteiger partial charge in [0.1, 0.15) is 0 Å². The molecule has 0 bridgehead atoms. The summed E-state index contributed by atoms with van der Waals surface area (Å²) in [4.78, 5) is 26.3. The topological polar surface area (TPSA) is 91.5 Å². The number of H-pyrrole nitrogens is 2. The molecule has 0 aliphatic heterocycles. The Hall–Kier alpha value is -1.69. The van der Waals surface area contributed by atoms with Crippen molar-refractivity contribution in [3.05, 3.63) is 32.1 Å². The summed E-state index contributed by atoms with van der Waals surface area (Å²) in [5.41, 5.74) is -1.03. The zero-order valence-corrected chi connectivity index (χ0v) is 6.92. The Kier molecular flexibility index (Phi) is 1.63. The van der Waals surface area contributed by atoms with E-state index in [2.05, 4.69) is 15.2 Å². The van der Waals surface area contributed by atoms with Crippen LogP contribution in [0.5, 0.6) is 0 Å². The molecule has 0 radical (unpaired) electrons. The molecule has 0 aliphatic rings. The molecule has 0 amide bonds. The number of nitrogens with one attached hydrogen (secondary N) is 2. The van der Waals surface area contributed by atoms with Crippen LogP contribution in [-0.4, -0.2) is 20.2 Å². The Bertz CT molecular complexity index is 573. The molecular formula is C6H3ClN4O2. The minimum Gasteiger partial charge on any atom is -0.290 e. The van der Waals surface area contributed by atoms with Crippen molar-refractivity contribution in [1.29, 1.82) is 0 Å². The molecule has 2 heterocycles. The van der Waals surface area contributed by atoms with Gasteiger partial charge in [0.15, 0.2) is 10.8 Å². The molecule has 0 saturated heterocycles. The van der Waals surface area contributed by atoms with Crippen LogP contribution in [0.1, 0.15) is 0 Å². The van der Waals surface area contributed by atoms with E-state index >= 15 is 0 Å². The molecule has 2 N–H and O–H groups in total. The van der Waals surface area contributed by atoms with E-state index in [9.17, 15) is 9.59 Å². The lowest BCUT2D eigenvalue weighted by Crippen LogP contribution is -2.22. The number of nitrogens with zero attached hydrogens (tertiary/aromatic N) is 2. The highest BCUT2D eigenvalue weighted by molar-refractivity contribution is 6.29. The molecular weight excluding hydrogens is 196 g/mol. The first-order valence-corrected chi connectivity index (χ1v) is 3.70. The van der Waals surface area contributed by atoms with Crippen LogP contribution < -0.4 is 11.2 Å². The lowest BCUT2D eigenvalue weighted by Gasteiger charge is -1.93. The molecule has 0 spiro atoms. The van der Waals surface area contributed by atoms with Crippen LogP contribution in [-0.2, 0) is 0 Å². The Morgan fingerprint density at radius 1 is 1.23 bits per heavy atom. The molecule has 66 valence electrons. The third-order valence-corrected chi connectivity index (χ3v) is 1.65. The fraction of sp³-hybridized carbons (Fsp3) is 0. The molecule has 0 aliphatic carbocycles. The summed E-state index contributed by atoms with van der Waals surface area (Å²) in [6.07, 6.45) is 0. The second kappa shape index (κ2) is 2.67. The van der Waals surface area contributed by atoms with Gasteiger partial charge in [-0.3, -0.25) is 14.8 Å². The number of hydrogen-bond donors (Lipinski definition) is 2. The van der Waals surface area contributed by atoms with E-state index in [-0.39, 0.29) is 16.2 Å². The van der Waals surface area contributed by atoms with Crippen LogP contribution in [0.15, 0.2) is 15.7 Å². The Morgan fingerprint density at radius 3 is 2.77 bits per heavy atom. The van der Waals surface area contributed by atoms with Gasteiger partial charge in [-0.2, -0.15) is 0 Å². The SMILES string of the molecule is O=c1[nH]c(=O)c2cc(Cl)nnc2[nH]1. The van der Waals surface area contributed by atoms with Gasteiger partial charge in [0.2, 0.25) is 0 Å². The number of rotatable bonds is 0. The molecule has 0 atom stereocenters. The van der Waals surface area contributed by atoms with Crippen LogP contribution in [0, 0.1) is 0 Å². The number of fused-ring (bicyclic) bond motifs is 1. The summed E-state index contributed by atoms with van der Waals surface area (Å²) in [5, 5.41) is 7.34. The molecule has 7 heteroatoms. The van der Waals surface area contributed by atoms with Crippen LogP contribution in [0.25, 0.3) is 11.0 Å². The van der Waals surface area contributed by atoms with E-state index in [1.807, 2.05) is 4.98 Å². The van der Waals surface area contributed by atoms with Crippen molar-refractivity contribution in [3.63, 3.8) is 0 Å². The Balaban J connectivity index is 3.04. The quantitative estimate of drug-likeness (QED) is 0.606. The molecule has 0 saturated carbocycles. The standard InChI is InChI=1S/C6H3ClN4O2/c7-3-1-2-4(11-10-3)8-6(13)9-5(2)12/h1H,(H2,8,9,11,12,13). The molecule has 13 heavy (non-hydrogen) atoms. The van der Waals surface area contributed by atoms with Crippen molar-refractivity contribution >= 4 is 22.6 Å². The molecule has 0 unspecified atom stereocenters. The third kappa shape index (κ3) is 1.31. The predicted octanol–water partition coefficient (Wildman–Crippen LogP) is -0.340. The molecule has 0 aromatic carbocycles. The summed E-state index contributed by atoms with van der Waals surface area (Å²) >= 11 is 5.51. The van der Waals surface area contributed by atoms with Gasteiger partial charge in [-0.25, -0.2) is 4.79 Å². The van der Waals surface area contributed by atoms with Crippen molar-refractivity contribution in [2.45, 2.75) is 0 Å². The summed E-state index contributed by atoms with van der Waals surface area (Å²) in [7, 11) is 0. The summed E-state index contributed by atoms with van der Waals surface area (Å²) in [6, 6.07) is 1.33. The van der Waals surface area contributed by atoms with Gasteiger partial charge < -0.3 is 0 Å². The first-order valence-electron chi connectivity index (χ1n) is 3.32. The van der Waals surface area contributed by atoms with Crippen molar-refractivity contribution in [3.8, 4) is 0 Å². The highest BCUT2D eigenvalue weighted by Gasteiger charge is 2.02. The molecule has 2 rings (SSSR count). The fourth-order valence-electron chi connectivity index (χ4n) is 0.943. The fourth-order valence-corrected chi connectivity index (χ4v) is 1.09. The average molecular weight is 199 g/mol. The Morgan fingerprint density at radius 2 is 2.00 bits per heavy atom. The van der Waals surface area contributed by atoms with Gasteiger partial charge in [-0.1, -0.05) is 11.6 Å². The number of aromatic amines is 2. The zero-order valence-electron chi connectivity index (χ0n) is 6.17. The molecule has 2 aromatic rings. The maximum atomic E-state index is 11.1. The van der Waals surface area contributed by atoms with Crippen LogP contribution in [0.2, 0.25) is 5.15 Å². The van der Waals surface area contributed by atoms with Gasteiger partial charge in [-0.15, -0.1) is 10.2 Å². The van der Waals surface area contributed by atoms with Crippen LogP contribution >= 0.6 is 11.6 Å². The summed E-state index contributed by atoms with van der Waals surface area (Å²) in [5.74, 6) is 0. The van der Waals surface area contributed by atoms with Crippen molar-refractivity contribution in [1.82, 2.24) is 20.2 Å². The van der Waals surface area contributed by atoms with E-state index in [1.165, 1.54) is 6.07 Å².